The van der Waals surface area contributed by atoms with Gasteiger partial charge in [0.2, 0.25) is 0 Å². The molecule has 2 aromatic heterocycles. The molecule has 0 amide bonds. The van der Waals surface area contributed by atoms with Crippen LogP contribution in [0.1, 0.15) is 17.5 Å². The van der Waals surface area contributed by atoms with Gasteiger partial charge in [-0.2, -0.15) is 10.3 Å². The monoisotopic (exact) mass is 298 g/mol. The Labute approximate surface area is 128 Å². The van der Waals surface area contributed by atoms with Crippen molar-refractivity contribution in [2.75, 3.05) is 11.4 Å². The lowest BCUT2D eigenvalue weighted by Crippen LogP contribution is -2.26. The van der Waals surface area contributed by atoms with Gasteiger partial charge in [-0.3, -0.25) is 4.68 Å². The molecular weight excluding hydrogens is 280 g/mol. The van der Waals surface area contributed by atoms with Crippen LogP contribution in [-0.2, 0) is 20.0 Å². The van der Waals surface area contributed by atoms with E-state index in [-0.39, 0.29) is 0 Å². The number of para-hydroxylation sites is 1. The molecule has 2 heterocycles. The number of H-pyrrole nitrogens is 1. The molecular formula is C14H18N8. The molecule has 0 aliphatic rings. The number of aromatic nitrogens is 7. The Morgan fingerprint density at radius 1 is 1.18 bits per heavy atom. The summed E-state index contributed by atoms with van der Waals surface area (Å²) in [5.74, 6) is 2.41. The van der Waals surface area contributed by atoms with E-state index >= 15 is 0 Å². The number of benzene rings is 1. The van der Waals surface area contributed by atoms with E-state index in [1.54, 1.807) is 4.68 Å². The van der Waals surface area contributed by atoms with Gasteiger partial charge in [-0.05, 0) is 19.1 Å². The van der Waals surface area contributed by atoms with Crippen LogP contribution in [-0.4, -0.2) is 41.9 Å². The summed E-state index contributed by atoms with van der Waals surface area (Å²) in [6.07, 6.45) is 0.706. The van der Waals surface area contributed by atoms with Crippen molar-refractivity contribution in [1.82, 2.24) is 35.4 Å². The second-order valence-corrected chi connectivity index (χ2v) is 5.03. The summed E-state index contributed by atoms with van der Waals surface area (Å²) < 4.78 is 1.79. The van der Waals surface area contributed by atoms with Crippen molar-refractivity contribution in [2.24, 2.45) is 7.05 Å². The van der Waals surface area contributed by atoms with Crippen LogP contribution < -0.4 is 4.90 Å². The van der Waals surface area contributed by atoms with Gasteiger partial charge in [-0.15, -0.1) is 10.2 Å². The van der Waals surface area contributed by atoms with Crippen molar-refractivity contribution in [2.45, 2.75) is 19.9 Å². The predicted molar refractivity (Wildman–Crippen MR) is 81.1 cm³/mol. The summed E-state index contributed by atoms with van der Waals surface area (Å²) in [6, 6.07) is 10.2. The molecule has 22 heavy (non-hydrogen) atoms. The smallest absolute Gasteiger partial charge is 0.176 e. The van der Waals surface area contributed by atoms with Crippen LogP contribution in [0.2, 0.25) is 0 Å². The molecule has 3 aromatic rings. The van der Waals surface area contributed by atoms with Crippen LogP contribution >= 0.6 is 0 Å². The predicted octanol–water partition coefficient (Wildman–Crippen LogP) is 0.886. The van der Waals surface area contributed by atoms with E-state index in [2.05, 4.69) is 47.7 Å². The molecule has 0 saturated heterocycles. The van der Waals surface area contributed by atoms with E-state index in [1.165, 1.54) is 0 Å². The SMILES string of the molecule is Cc1nc(CN(CCc2nn[nH]n2)c2ccccc2)nn1C. The van der Waals surface area contributed by atoms with Crippen LogP contribution in [0.5, 0.6) is 0 Å². The first kappa shape index (κ1) is 14.2. The number of aromatic amines is 1. The minimum atomic E-state index is 0.642. The molecule has 0 aliphatic heterocycles. The summed E-state index contributed by atoms with van der Waals surface area (Å²) >= 11 is 0. The standard InChI is InChI=1S/C14H18N8/c1-11-15-14(18-21(11)2)10-22(12-6-4-3-5-7-12)9-8-13-16-19-20-17-13/h3-7H,8-10H2,1-2H3,(H,16,17,19,20). The first-order valence-electron chi connectivity index (χ1n) is 7.11. The van der Waals surface area contributed by atoms with E-state index in [1.807, 2.05) is 32.2 Å². The molecule has 0 spiro atoms. The summed E-state index contributed by atoms with van der Waals surface area (Å²) in [5, 5.41) is 18.5. The highest BCUT2D eigenvalue weighted by atomic mass is 15.5. The van der Waals surface area contributed by atoms with E-state index < -0.39 is 0 Å². The van der Waals surface area contributed by atoms with Crippen molar-refractivity contribution in [3.63, 3.8) is 0 Å². The summed E-state index contributed by atoms with van der Waals surface area (Å²) in [4.78, 5) is 6.69. The second kappa shape index (κ2) is 6.33. The van der Waals surface area contributed by atoms with Crippen molar-refractivity contribution < 1.29 is 0 Å². The van der Waals surface area contributed by atoms with Crippen molar-refractivity contribution in [3.05, 3.63) is 47.8 Å². The number of hydrogen-bond donors (Lipinski definition) is 1. The molecule has 0 saturated carbocycles. The summed E-state index contributed by atoms with van der Waals surface area (Å²) in [6.45, 7) is 3.35. The third kappa shape index (κ3) is 3.27. The maximum atomic E-state index is 4.48. The Bertz CT molecular complexity index is 684. The van der Waals surface area contributed by atoms with Gasteiger partial charge in [-0.1, -0.05) is 23.4 Å². The lowest BCUT2D eigenvalue weighted by atomic mass is 10.2. The zero-order valence-corrected chi connectivity index (χ0v) is 12.6. The molecule has 8 heteroatoms. The molecule has 3 rings (SSSR count). The third-order valence-corrected chi connectivity index (χ3v) is 3.47. The maximum absolute atomic E-state index is 4.48. The van der Waals surface area contributed by atoms with E-state index in [0.717, 1.165) is 23.9 Å². The Hall–Kier alpha value is -2.77. The van der Waals surface area contributed by atoms with Crippen molar-refractivity contribution in [1.29, 1.82) is 0 Å². The fourth-order valence-electron chi connectivity index (χ4n) is 2.23. The van der Waals surface area contributed by atoms with Gasteiger partial charge in [0.15, 0.2) is 11.6 Å². The minimum absolute atomic E-state index is 0.642. The van der Waals surface area contributed by atoms with E-state index in [0.29, 0.717) is 18.8 Å². The van der Waals surface area contributed by atoms with Crippen LogP contribution in [0.3, 0.4) is 0 Å². The molecule has 114 valence electrons. The fraction of sp³-hybridized carbons (Fsp3) is 0.357. The Morgan fingerprint density at radius 2 is 2.00 bits per heavy atom. The molecule has 0 fully saturated rings. The zero-order valence-electron chi connectivity index (χ0n) is 12.6. The average molecular weight is 298 g/mol. The van der Waals surface area contributed by atoms with E-state index in [4.69, 9.17) is 0 Å². The highest BCUT2D eigenvalue weighted by molar-refractivity contribution is 5.46. The fourth-order valence-corrected chi connectivity index (χ4v) is 2.23. The topological polar surface area (TPSA) is 88.4 Å². The van der Waals surface area contributed by atoms with Crippen LogP contribution in [0.25, 0.3) is 0 Å². The first-order chi connectivity index (χ1) is 10.7. The number of hydrogen-bond acceptors (Lipinski definition) is 6. The number of anilines is 1. The zero-order chi connectivity index (χ0) is 15.4. The van der Waals surface area contributed by atoms with Crippen LogP contribution in [0, 0.1) is 6.92 Å². The van der Waals surface area contributed by atoms with Gasteiger partial charge in [0.1, 0.15) is 5.82 Å². The number of nitrogens with zero attached hydrogens (tertiary/aromatic N) is 7. The van der Waals surface area contributed by atoms with Gasteiger partial charge in [0, 0.05) is 25.7 Å². The number of tetrazole rings is 1. The Kier molecular flexibility index (Phi) is 4.08. The molecule has 1 aromatic carbocycles. The van der Waals surface area contributed by atoms with Gasteiger partial charge in [0.25, 0.3) is 0 Å². The molecule has 1 N–H and O–H groups in total. The highest BCUT2D eigenvalue weighted by Gasteiger charge is 2.12. The number of aryl methyl sites for hydroxylation is 2. The molecule has 8 nitrogen and oxygen atoms in total. The van der Waals surface area contributed by atoms with Gasteiger partial charge < -0.3 is 4.90 Å². The van der Waals surface area contributed by atoms with Crippen molar-refractivity contribution in [3.8, 4) is 0 Å². The number of rotatable bonds is 6. The highest BCUT2D eigenvalue weighted by Crippen LogP contribution is 2.16. The van der Waals surface area contributed by atoms with Crippen LogP contribution in [0.4, 0.5) is 5.69 Å². The molecule has 0 aliphatic carbocycles. The lowest BCUT2D eigenvalue weighted by molar-refractivity contribution is 0.694. The maximum Gasteiger partial charge on any atom is 0.176 e. The lowest BCUT2D eigenvalue weighted by Gasteiger charge is -2.22. The molecule has 0 radical (unpaired) electrons. The van der Waals surface area contributed by atoms with E-state index in [9.17, 15) is 0 Å². The molecule has 0 bridgehead atoms. The van der Waals surface area contributed by atoms with Gasteiger partial charge in [0.05, 0.1) is 6.54 Å². The molecule has 0 atom stereocenters. The third-order valence-electron chi connectivity index (χ3n) is 3.47. The quantitative estimate of drug-likeness (QED) is 0.727. The second-order valence-electron chi connectivity index (χ2n) is 5.03. The van der Waals surface area contributed by atoms with Gasteiger partial charge >= 0.3 is 0 Å². The first-order valence-corrected chi connectivity index (χ1v) is 7.11. The minimum Gasteiger partial charge on any atom is -0.363 e. The van der Waals surface area contributed by atoms with Gasteiger partial charge in [-0.25, -0.2) is 4.98 Å². The summed E-state index contributed by atoms with van der Waals surface area (Å²) in [5.41, 5.74) is 1.12. The number of nitrogens with one attached hydrogen (secondary N) is 1. The van der Waals surface area contributed by atoms with Crippen LogP contribution in [0.15, 0.2) is 30.3 Å². The largest absolute Gasteiger partial charge is 0.363 e. The normalized spacial score (nSPS) is 10.8. The summed E-state index contributed by atoms with van der Waals surface area (Å²) in [7, 11) is 1.90. The Morgan fingerprint density at radius 3 is 2.64 bits per heavy atom. The average Bonchev–Trinajstić information content (AvgIpc) is 3.15. The Balaban J connectivity index is 1.76. The molecule has 0 unspecified atom stereocenters. The van der Waals surface area contributed by atoms with Crippen molar-refractivity contribution >= 4 is 5.69 Å².